The van der Waals surface area contributed by atoms with Gasteiger partial charge in [0.25, 0.3) is 0 Å². The highest BCUT2D eigenvalue weighted by molar-refractivity contribution is 5.98. The van der Waals surface area contributed by atoms with Gasteiger partial charge in [-0.15, -0.1) is 0 Å². The molecule has 140 valence electrons. The van der Waals surface area contributed by atoms with E-state index in [2.05, 4.69) is 53.1 Å². The molecule has 1 fully saturated rings. The highest BCUT2D eigenvalue weighted by Gasteiger charge is 2.22. The fourth-order valence-electron chi connectivity index (χ4n) is 3.93. The SMILES string of the molecule is Cc1cccc(N2CCN(C/C=C/N3C(=O)CCc4ccccc43)CC2)c1. The first-order valence-electron chi connectivity index (χ1n) is 9.81. The van der Waals surface area contributed by atoms with Crippen molar-refractivity contribution < 1.29 is 4.79 Å². The highest BCUT2D eigenvalue weighted by Crippen LogP contribution is 2.27. The number of anilines is 2. The van der Waals surface area contributed by atoms with Crippen LogP contribution in [-0.2, 0) is 11.2 Å². The summed E-state index contributed by atoms with van der Waals surface area (Å²) in [6, 6.07) is 16.9. The third-order valence-electron chi connectivity index (χ3n) is 5.49. The van der Waals surface area contributed by atoms with E-state index in [9.17, 15) is 4.79 Å². The molecular weight excluding hydrogens is 334 g/mol. The molecule has 0 aromatic heterocycles. The maximum absolute atomic E-state index is 12.3. The number of benzene rings is 2. The zero-order valence-electron chi connectivity index (χ0n) is 16.0. The lowest BCUT2D eigenvalue weighted by Crippen LogP contribution is -2.46. The molecule has 0 bridgehead atoms. The molecule has 2 aromatic rings. The Hall–Kier alpha value is -2.59. The Labute approximate surface area is 161 Å². The molecule has 2 aliphatic rings. The largest absolute Gasteiger partial charge is 0.369 e. The van der Waals surface area contributed by atoms with Crippen molar-refractivity contribution in [2.24, 2.45) is 0 Å². The van der Waals surface area contributed by atoms with Gasteiger partial charge in [-0.05, 0) is 42.7 Å². The number of para-hydroxylation sites is 1. The van der Waals surface area contributed by atoms with E-state index < -0.39 is 0 Å². The first kappa shape index (κ1) is 17.8. The van der Waals surface area contributed by atoms with Crippen LogP contribution in [-0.4, -0.2) is 43.5 Å². The van der Waals surface area contributed by atoms with E-state index >= 15 is 0 Å². The van der Waals surface area contributed by atoms with Crippen molar-refractivity contribution in [1.29, 1.82) is 0 Å². The Bertz CT molecular complexity index is 837. The van der Waals surface area contributed by atoms with Crippen molar-refractivity contribution >= 4 is 17.3 Å². The van der Waals surface area contributed by atoms with Crippen LogP contribution in [0.5, 0.6) is 0 Å². The second kappa shape index (κ2) is 7.97. The third-order valence-corrected chi connectivity index (χ3v) is 5.49. The molecule has 2 aliphatic heterocycles. The molecule has 1 amide bonds. The number of piperazine rings is 1. The van der Waals surface area contributed by atoms with E-state index in [1.54, 1.807) is 0 Å². The zero-order valence-corrected chi connectivity index (χ0v) is 16.0. The number of aryl methyl sites for hydroxylation is 2. The summed E-state index contributed by atoms with van der Waals surface area (Å²) >= 11 is 0. The van der Waals surface area contributed by atoms with Crippen LogP contribution < -0.4 is 9.80 Å². The third kappa shape index (κ3) is 4.06. The maximum atomic E-state index is 12.3. The molecule has 4 rings (SSSR count). The summed E-state index contributed by atoms with van der Waals surface area (Å²) in [5.74, 6) is 0.189. The first-order valence-corrected chi connectivity index (χ1v) is 9.81. The predicted molar refractivity (Wildman–Crippen MR) is 111 cm³/mol. The summed E-state index contributed by atoms with van der Waals surface area (Å²) in [5.41, 5.74) is 4.92. The maximum Gasteiger partial charge on any atom is 0.231 e. The smallest absolute Gasteiger partial charge is 0.231 e. The number of carbonyl (C=O) groups is 1. The van der Waals surface area contributed by atoms with Crippen molar-refractivity contribution in [2.45, 2.75) is 19.8 Å². The van der Waals surface area contributed by atoms with Crippen LogP contribution in [0.2, 0.25) is 0 Å². The van der Waals surface area contributed by atoms with E-state index in [1.165, 1.54) is 16.8 Å². The van der Waals surface area contributed by atoms with Crippen molar-refractivity contribution in [3.8, 4) is 0 Å². The Balaban J connectivity index is 1.33. The summed E-state index contributed by atoms with van der Waals surface area (Å²) in [5, 5.41) is 0. The van der Waals surface area contributed by atoms with Crippen LogP contribution in [0.3, 0.4) is 0 Å². The minimum Gasteiger partial charge on any atom is -0.369 e. The summed E-state index contributed by atoms with van der Waals surface area (Å²) < 4.78 is 0. The monoisotopic (exact) mass is 361 g/mol. The number of carbonyl (C=O) groups excluding carboxylic acids is 1. The summed E-state index contributed by atoms with van der Waals surface area (Å²) in [4.78, 5) is 19.0. The van der Waals surface area contributed by atoms with E-state index in [4.69, 9.17) is 0 Å². The molecule has 27 heavy (non-hydrogen) atoms. The number of amides is 1. The van der Waals surface area contributed by atoms with Crippen LogP contribution in [0.15, 0.2) is 60.8 Å². The van der Waals surface area contributed by atoms with E-state index in [0.29, 0.717) is 6.42 Å². The van der Waals surface area contributed by atoms with Crippen molar-refractivity contribution in [3.63, 3.8) is 0 Å². The average Bonchev–Trinajstić information content (AvgIpc) is 2.70. The molecule has 0 spiro atoms. The van der Waals surface area contributed by atoms with Gasteiger partial charge in [-0.1, -0.05) is 36.4 Å². The fourth-order valence-corrected chi connectivity index (χ4v) is 3.93. The molecule has 0 radical (unpaired) electrons. The number of rotatable bonds is 4. The topological polar surface area (TPSA) is 26.8 Å². The van der Waals surface area contributed by atoms with Gasteiger partial charge >= 0.3 is 0 Å². The van der Waals surface area contributed by atoms with Crippen LogP contribution in [0.25, 0.3) is 0 Å². The zero-order chi connectivity index (χ0) is 18.6. The fraction of sp³-hybridized carbons (Fsp3) is 0.348. The number of fused-ring (bicyclic) bond motifs is 1. The van der Waals surface area contributed by atoms with Gasteiger partial charge in [0.1, 0.15) is 0 Å². The lowest BCUT2D eigenvalue weighted by molar-refractivity contribution is -0.118. The minimum absolute atomic E-state index is 0.189. The van der Waals surface area contributed by atoms with Crippen molar-refractivity contribution in [1.82, 2.24) is 4.90 Å². The molecular formula is C23H27N3O. The van der Waals surface area contributed by atoms with Gasteiger partial charge in [0, 0.05) is 51.0 Å². The van der Waals surface area contributed by atoms with E-state index in [-0.39, 0.29) is 5.91 Å². The summed E-state index contributed by atoms with van der Waals surface area (Å²) in [6.45, 7) is 7.20. The van der Waals surface area contributed by atoms with Gasteiger partial charge in [-0.3, -0.25) is 14.6 Å². The molecule has 0 atom stereocenters. The predicted octanol–water partition coefficient (Wildman–Crippen LogP) is 3.61. The Morgan fingerprint density at radius 1 is 0.963 bits per heavy atom. The molecule has 2 aromatic carbocycles. The quantitative estimate of drug-likeness (QED) is 0.832. The molecule has 0 unspecified atom stereocenters. The summed E-state index contributed by atoms with van der Waals surface area (Å²) in [6.07, 6.45) is 5.53. The standard InChI is InChI=1S/C23H27N3O/c1-19-6-4-8-21(18-19)25-16-14-24(15-17-25)12-5-13-26-22-9-3-2-7-20(22)10-11-23(26)27/h2-9,13,18H,10-12,14-17H2,1H3/b13-5+. The lowest BCUT2D eigenvalue weighted by atomic mass is 10.0. The van der Waals surface area contributed by atoms with Gasteiger partial charge in [0.15, 0.2) is 0 Å². The molecule has 4 nitrogen and oxygen atoms in total. The Morgan fingerprint density at radius 2 is 1.78 bits per heavy atom. The molecule has 1 saturated heterocycles. The van der Waals surface area contributed by atoms with E-state index in [1.807, 2.05) is 29.3 Å². The number of hydrogen-bond donors (Lipinski definition) is 0. The van der Waals surface area contributed by atoms with Crippen molar-refractivity contribution in [2.75, 3.05) is 42.5 Å². The highest BCUT2D eigenvalue weighted by atomic mass is 16.2. The van der Waals surface area contributed by atoms with Gasteiger partial charge in [0.05, 0.1) is 5.69 Å². The second-order valence-electron chi connectivity index (χ2n) is 7.40. The number of nitrogens with zero attached hydrogens (tertiary/aromatic N) is 3. The Morgan fingerprint density at radius 3 is 2.59 bits per heavy atom. The first-order chi connectivity index (χ1) is 13.2. The Kier molecular flexibility index (Phi) is 5.26. The van der Waals surface area contributed by atoms with Crippen LogP contribution >= 0.6 is 0 Å². The van der Waals surface area contributed by atoms with Gasteiger partial charge in [-0.25, -0.2) is 0 Å². The molecule has 0 N–H and O–H groups in total. The summed E-state index contributed by atoms with van der Waals surface area (Å²) in [7, 11) is 0. The normalized spacial score (nSPS) is 18.2. The van der Waals surface area contributed by atoms with Crippen molar-refractivity contribution in [3.05, 3.63) is 71.9 Å². The molecule has 2 heterocycles. The molecule has 4 heteroatoms. The average molecular weight is 361 g/mol. The molecule has 0 aliphatic carbocycles. The van der Waals surface area contributed by atoms with Crippen LogP contribution in [0.4, 0.5) is 11.4 Å². The van der Waals surface area contributed by atoms with Crippen LogP contribution in [0, 0.1) is 6.92 Å². The van der Waals surface area contributed by atoms with E-state index in [0.717, 1.165) is 44.8 Å². The second-order valence-corrected chi connectivity index (χ2v) is 7.40. The molecule has 0 saturated carbocycles. The lowest BCUT2D eigenvalue weighted by Gasteiger charge is -2.36. The number of hydrogen-bond acceptors (Lipinski definition) is 3. The van der Waals surface area contributed by atoms with Gasteiger partial charge < -0.3 is 4.90 Å². The minimum atomic E-state index is 0.189. The van der Waals surface area contributed by atoms with Gasteiger partial charge in [0.2, 0.25) is 5.91 Å². The van der Waals surface area contributed by atoms with Gasteiger partial charge in [-0.2, -0.15) is 0 Å². The van der Waals surface area contributed by atoms with Crippen LogP contribution in [0.1, 0.15) is 17.5 Å².